The zero-order valence-corrected chi connectivity index (χ0v) is 20.6. The van der Waals surface area contributed by atoms with Gasteiger partial charge in [-0.2, -0.15) is 0 Å². The van der Waals surface area contributed by atoms with Gasteiger partial charge in [0.2, 0.25) is 0 Å². The SMILES string of the molecule is CN(C)C1(Cc2cccc(Cl)c2)CCC(OC(=O)CCCC(=O)c2ccccc2)(C(N)=O)CC1. The minimum atomic E-state index is -1.31. The van der Waals surface area contributed by atoms with E-state index in [4.69, 9.17) is 22.1 Å². The second-order valence-electron chi connectivity index (χ2n) is 9.40. The Morgan fingerprint density at radius 2 is 1.65 bits per heavy atom. The molecule has 7 heteroatoms. The summed E-state index contributed by atoms with van der Waals surface area (Å²) in [6.45, 7) is 0. The summed E-state index contributed by atoms with van der Waals surface area (Å²) < 4.78 is 5.71. The van der Waals surface area contributed by atoms with Crippen LogP contribution in [0.4, 0.5) is 0 Å². The number of ketones is 1. The Morgan fingerprint density at radius 1 is 0.971 bits per heavy atom. The maximum absolute atomic E-state index is 12.6. The van der Waals surface area contributed by atoms with Gasteiger partial charge in [0.15, 0.2) is 11.4 Å². The van der Waals surface area contributed by atoms with Crippen molar-refractivity contribution in [2.75, 3.05) is 14.1 Å². The zero-order valence-electron chi connectivity index (χ0n) is 19.9. The standard InChI is InChI=1S/C27H33ClN2O4/c1-30(2)26(19-20-8-6-11-22(28)18-20)14-16-27(17-15-26,25(29)33)34-24(32)13-7-12-23(31)21-9-4-3-5-10-21/h3-6,8-11,18H,7,12-17,19H2,1-2H3,(H2,29,33). The van der Waals surface area contributed by atoms with E-state index in [-0.39, 0.29) is 24.2 Å². The molecule has 3 rings (SSSR count). The van der Waals surface area contributed by atoms with Crippen LogP contribution >= 0.6 is 11.6 Å². The minimum absolute atomic E-state index is 0.0209. The Kier molecular flexibility index (Phi) is 8.50. The summed E-state index contributed by atoms with van der Waals surface area (Å²) in [6, 6.07) is 16.8. The van der Waals surface area contributed by atoms with Crippen molar-refractivity contribution in [1.29, 1.82) is 0 Å². The first kappa shape index (κ1) is 25.9. The van der Waals surface area contributed by atoms with Gasteiger partial charge in [0.05, 0.1) is 0 Å². The summed E-state index contributed by atoms with van der Waals surface area (Å²) in [5.74, 6) is -1.13. The molecule has 0 saturated heterocycles. The van der Waals surface area contributed by atoms with Crippen molar-refractivity contribution < 1.29 is 19.1 Å². The average Bonchev–Trinajstić information content (AvgIpc) is 2.80. The third kappa shape index (κ3) is 6.24. The average molecular weight is 485 g/mol. The van der Waals surface area contributed by atoms with E-state index in [1.807, 2.05) is 44.4 Å². The number of rotatable bonds is 10. The van der Waals surface area contributed by atoms with E-state index in [0.717, 1.165) is 12.0 Å². The lowest BCUT2D eigenvalue weighted by Gasteiger charge is -2.48. The molecule has 0 spiro atoms. The Balaban J connectivity index is 1.60. The molecule has 0 atom stereocenters. The van der Waals surface area contributed by atoms with Crippen LogP contribution in [0.15, 0.2) is 54.6 Å². The summed E-state index contributed by atoms with van der Waals surface area (Å²) in [4.78, 5) is 39.4. The number of esters is 1. The number of nitrogens with two attached hydrogens (primary N) is 1. The molecule has 6 nitrogen and oxygen atoms in total. The van der Waals surface area contributed by atoms with E-state index in [1.54, 1.807) is 24.3 Å². The molecule has 0 aromatic heterocycles. The monoisotopic (exact) mass is 484 g/mol. The van der Waals surface area contributed by atoms with Crippen LogP contribution in [-0.4, -0.2) is 47.8 Å². The molecule has 1 saturated carbocycles. The van der Waals surface area contributed by atoms with E-state index in [1.165, 1.54) is 0 Å². The summed E-state index contributed by atoms with van der Waals surface area (Å²) in [5, 5.41) is 0.688. The van der Waals surface area contributed by atoms with Crippen LogP contribution in [0.2, 0.25) is 5.02 Å². The van der Waals surface area contributed by atoms with Crippen LogP contribution in [0.3, 0.4) is 0 Å². The van der Waals surface area contributed by atoms with E-state index in [0.29, 0.717) is 42.7 Å². The molecule has 1 fully saturated rings. The normalized spacial score (nSPS) is 22.4. The topological polar surface area (TPSA) is 89.7 Å². The third-order valence-corrected chi connectivity index (χ3v) is 7.23. The Labute approximate surface area is 206 Å². The van der Waals surface area contributed by atoms with Gasteiger partial charge in [-0.05, 0) is 70.3 Å². The number of benzene rings is 2. The number of Topliss-reactive ketones (excluding diaryl/α,β-unsaturated/α-hetero) is 1. The summed E-state index contributed by atoms with van der Waals surface area (Å²) >= 11 is 6.17. The summed E-state index contributed by atoms with van der Waals surface area (Å²) in [5.41, 5.74) is 5.97. The highest BCUT2D eigenvalue weighted by molar-refractivity contribution is 6.30. The number of hydrogen-bond donors (Lipinski definition) is 1. The van der Waals surface area contributed by atoms with E-state index < -0.39 is 17.5 Å². The number of likely N-dealkylation sites (N-methyl/N-ethyl adjacent to an activating group) is 1. The molecule has 2 aromatic carbocycles. The van der Waals surface area contributed by atoms with Crippen LogP contribution in [0, 0.1) is 0 Å². The van der Waals surface area contributed by atoms with Gasteiger partial charge in [-0.25, -0.2) is 0 Å². The molecule has 182 valence electrons. The van der Waals surface area contributed by atoms with Gasteiger partial charge in [0.1, 0.15) is 0 Å². The minimum Gasteiger partial charge on any atom is -0.449 e. The zero-order chi connectivity index (χ0) is 24.8. The van der Waals surface area contributed by atoms with Crippen LogP contribution in [0.1, 0.15) is 60.9 Å². The Bertz CT molecular complexity index is 1010. The van der Waals surface area contributed by atoms with Gasteiger partial charge >= 0.3 is 5.97 Å². The number of primary amides is 1. The number of ether oxygens (including phenoxy) is 1. The fourth-order valence-electron chi connectivity index (χ4n) is 4.76. The third-order valence-electron chi connectivity index (χ3n) is 7.00. The van der Waals surface area contributed by atoms with Crippen LogP contribution < -0.4 is 5.73 Å². The summed E-state index contributed by atoms with van der Waals surface area (Å²) in [6.07, 6.45) is 3.44. The summed E-state index contributed by atoms with van der Waals surface area (Å²) in [7, 11) is 4.05. The van der Waals surface area contributed by atoms with Gasteiger partial charge in [-0.1, -0.05) is 54.1 Å². The van der Waals surface area contributed by atoms with Crippen LogP contribution in [0.5, 0.6) is 0 Å². The quantitative estimate of drug-likeness (QED) is 0.394. The molecule has 34 heavy (non-hydrogen) atoms. The highest BCUT2D eigenvalue weighted by Crippen LogP contribution is 2.42. The van der Waals surface area contributed by atoms with E-state index in [2.05, 4.69) is 4.90 Å². The van der Waals surface area contributed by atoms with Crippen molar-refractivity contribution >= 4 is 29.3 Å². The van der Waals surface area contributed by atoms with Crippen molar-refractivity contribution in [3.8, 4) is 0 Å². The lowest BCUT2D eigenvalue weighted by atomic mass is 9.70. The Morgan fingerprint density at radius 3 is 2.24 bits per heavy atom. The molecule has 1 aliphatic rings. The number of nitrogens with zero attached hydrogens (tertiary/aromatic N) is 1. The first-order valence-electron chi connectivity index (χ1n) is 11.7. The molecule has 1 aliphatic carbocycles. The maximum Gasteiger partial charge on any atom is 0.306 e. The lowest BCUT2D eigenvalue weighted by Crippen LogP contribution is -2.57. The highest BCUT2D eigenvalue weighted by Gasteiger charge is 2.49. The molecular weight excluding hydrogens is 452 g/mol. The molecule has 2 aromatic rings. The van der Waals surface area contributed by atoms with Crippen molar-refractivity contribution in [3.63, 3.8) is 0 Å². The van der Waals surface area contributed by atoms with Gasteiger partial charge in [0.25, 0.3) is 5.91 Å². The maximum atomic E-state index is 12.6. The first-order chi connectivity index (χ1) is 16.2. The van der Waals surface area contributed by atoms with Gasteiger partial charge in [0, 0.05) is 29.0 Å². The molecule has 0 bridgehead atoms. The number of hydrogen-bond acceptors (Lipinski definition) is 5. The van der Waals surface area contributed by atoms with Gasteiger partial charge in [-0.3, -0.25) is 14.4 Å². The second-order valence-corrected chi connectivity index (χ2v) is 9.84. The number of amides is 1. The Hall–Kier alpha value is -2.70. The number of carbonyl (C=O) groups is 3. The lowest BCUT2D eigenvalue weighted by molar-refractivity contribution is -0.174. The predicted octanol–water partition coefficient (Wildman–Crippen LogP) is 4.58. The molecule has 2 N–H and O–H groups in total. The number of carbonyl (C=O) groups excluding carboxylic acids is 3. The largest absolute Gasteiger partial charge is 0.449 e. The molecular formula is C27H33ClN2O4. The first-order valence-corrected chi connectivity index (χ1v) is 12.1. The van der Waals surface area contributed by atoms with Crippen molar-refractivity contribution in [2.45, 2.75) is 62.5 Å². The molecule has 0 heterocycles. The van der Waals surface area contributed by atoms with Gasteiger partial charge < -0.3 is 15.4 Å². The fraction of sp³-hybridized carbons (Fsp3) is 0.444. The van der Waals surface area contributed by atoms with Gasteiger partial charge in [-0.15, -0.1) is 0 Å². The highest BCUT2D eigenvalue weighted by atomic mass is 35.5. The molecule has 0 radical (unpaired) electrons. The van der Waals surface area contributed by atoms with Crippen molar-refractivity contribution in [3.05, 3.63) is 70.7 Å². The van der Waals surface area contributed by atoms with Crippen LogP contribution in [-0.2, 0) is 20.7 Å². The van der Waals surface area contributed by atoms with E-state index in [9.17, 15) is 14.4 Å². The number of halogens is 1. The smallest absolute Gasteiger partial charge is 0.306 e. The van der Waals surface area contributed by atoms with Crippen molar-refractivity contribution in [2.24, 2.45) is 5.73 Å². The fourth-order valence-corrected chi connectivity index (χ4v) is 4.97. The van der Waals surface area contributed by atoms with E-state index >= 15 is 0 Å². The molecule has 0 aliphatic heterocycles. The molecule has 1 amide bonds. The van der Waals surface area contributed by atoms with Crippen LogP contribution in [0.25, 0.3) is 0 Å². The predicted molar refractivity (Wildman–Crippen MR) is 133 cm³/mol. The van der Waals surface area contributed by atoms with Crippen molar-refractivity contribution in [1.82, 2.24) is 4.90 Å². The second kappa shape index (κ2) is 11.2. The molecule has 0 unspecified atom stereocenters.